The third-order valence-electron chi connectivity index (χ3n) is 5.79. The first kappa shape index (κ1) is 25.8. The largest absolute Gasteiger partial charge is 0.379 e. The Hall–Kier alpha value is -2.43. The first-order valence-corrected chi connectivity index (χ1v) is 12.0. The van der Waals surface area contributed by atoms with E-state index in [2.05, 4.69) is 17.9 Å². The van der Waals surface area contributed by atoms with Gasteiger partial charge in [-0.15, -0.1) is 0 Å². The molecule has 0 bridgehead atoms. The number of amides is 2. The summed E-state index contributed by atoms with van der Waals surface area (Å²) in [5.74, 6) is -0.0738. The van der Waals surface area contributed by atoms with Crippen molar-refractivity contribution >= 4 is 17.5 Å². The molecule has 1 aliphatic heterocycles. The van der Waals surface area contributed by atoms with E-state index >= 15 is 0 Å². The second-order valence-electron chi connectivity index (χ2n) is 8.18. The molecule has 0 saturated carbocycles. The summed E-state index contributed by atoms with van der Waals surface area (Å²) in [6.45, 7) is 8.10. The number of benzene rings is 1. The number of unbranched alkanes of at least 4 members (excludes halogenated alkanes) is 3. The predicted octanol–water partition coefficient (Wildman–Crippen LogP) is 3.45. The van der Waals surface area contributed by atoms with Crippen LogP contribution in [0.1, 0.15) is 51.9 Å². The molecule has 32 heavy (non-hydrogen) atoms. The van der Waals surface area contributed by atoms with Crippen molar-refractivity contribution in [3.8, 4) is 6.07 Å². The number of hydrogen-bond acceptors (Lipinski definition) is 5. The molecular weight excluding hydrogens is 404 g/mol. The van der Waals surface area contributed by atoms with Gasteiger partial charge in [0.15, 0.2) is 0 Å². The average molecular weight is 443 g/mol. The van der Waals surface area contributed by atoms with E-state index in [4.69, 9.17) is 10.00 Å². The third kappa shape index (κ3) is 9.37. The zero-order valence-corrected chi connectivity index (χ0v) is 19.5. The first-order chi connectivity index (χ1) is 15.7. The normalized spacial score (nSPS) is 14.0. The third-order valence-corrected chi connectivity index (χ3v) is 5.79. The topological polar surface area (TPSA) is 76.9 Å². The zero-order chi connectivity index (χ0) is 23.0. The van der Waals surface area contributed by atoms with Crippen molar-refractivity contribution in [2.45, 2.75) is 51.9 Å². The Morgan fingerprint density at radius 1 is 1.00 bits per heavy atom. The van der Waals surface area contributed by atoms with Crippen LogP contribution in [0.4, 0.5) is 5.69 Å². The first-order valence-electron chi connectivity index (χ1n) is 12.0. The number of morpholine rings is 1. The van der Waals surface area contributed by atoms with E-state index in [1.807, 2.05) is 35.2 Å². The molecule has 0 unspecified atom stereocenters. The van der Waals surface area contributed by atoms with Crippen molar-refractivity contribution in [3.63, 3.8) is 0 Å². The van der Waals surface area contributed by atoms with Crippen LogP contribution in [0.15, 0.2) is 30.3 Å². The summed E-state index contributed by atoms with van der Waals surface area (Å²) in [7, 11) is 0. The van der Waals surface area contributed by atoms with Crippen LogP contribution in [0.3, 0.4) is 0 Å². The van der Waals surface area contributed by atoms with Crippen LogP contribution in [0.2, 0.25) is 0 Å². The van der Waals surface area contributed by atoms with Crippen LogP contribution in [0.25, 0.3) is 0 Å². The second-order valence-corrected chi connectivity index (χ2v) is 8.18. The minimum atomic E-state index is -0.112. The fourth-order valence-electron chi connectivity index (χ4n) is 3.85. The van der Waals surface area contributed by atoms with Crippen LogP contribution >= 0.6 is 0 Å². The number of hydrogen-bond donors (Lipinski definition) is 0. The highest BCUT2D eigenvalue weighted by Crippen LogP contribution is 2.16. The van der Waals surface area contributed by atoms with Crippen molar-refractivity contribution in [2.24, 2.45) is 0 Å². The fourth-order valence-corrected chi connectivity index (χ4v) is 3.85. The number of ether oxygens (including phenoxy) is 1. The van der Waals surface area contributed by atoms with Gasteiger partial charge in [-0.05, 0) is 18.6 Å². The van der Waals surface area contributed by atoms with Gasteiger partial charge in [0.25, 0.3) is 0 Å². The fraction of sp³-hybridized carbons (Fsp3) is 0.640. The molecule has 0 aliphatic carbocycles. The Bertz CT molecular complexity index is 714. The predicted molar refractivity (Wildman–Crippen MR) is 126 cm³/mol. The molecule has 0 radical (unpaired) electrons. The van der Waals surface area contributed by atoms with Crippen molar-refractivity contribution in [3.05, 3.63) is 30.3 Å². The average Bonchev–Trinajstić information content (AvgIpc) is 2.83. The Kier molecular flexibility index (Phi) is 12.4. The summed E-state index contributed by atoms with van der Waals surface area (Å²) in [4.78, 5) is 31.8. The Morgan fingerprint density at radius 3 is 2.41 bits per heavy atom. The molecule has 2 amide bonds. The molecule has 0 atom stereocenters. The molecule has 1 saturated heterocycles. The number of nitrogens with zero attached hydrogens (tertiary/aromatic N) is 4. The van der Waals surface area contributed by atoms with Crippen LogP contribution in [0, 0.1) is 11.3 Å². The molecular formula is C25H38N4O3. The standard InChI is InChI=1S/C25H38N4O3/c1-2-3-4-8-15-28(18-17-27-19-21-32-22-20-27)24(30)12-13-25(31)29(16-9-14-26)23-10-6-5-7-11-23/h5-7,10-11H,2-4,8-9,12-13,15-22H2,1H3. The summed E-state index contributed by atoms with van der Waals surface area (Å²) >= 11 is 0. The summed E-state index contributed by atoms with van der Waals surface area (Å²) in [6.07, 6.45) is 5.07. The zero-order valence-electron chi connectivity index (χ0n) is 19.5. The molecule has 0 aromatic heterocycles. The Labute approximate surface area is 192 Å². The van der Waals surface area contributed by atoms with Gasteiger partial charge in [-0.25, -0.2) is 0 Å². The highest BCUT2D eigenvalue weighted by Gasteiger charge is 2.20. The molecule has 2 rings (SSSR count). The lowest BCUT2D eigenvalue weighted by Crippen LogP contribution is -2.43. The lowest BCUT2D eigenvalue weighted by molar-refractivity contribution is -0.133. The monoisotopic (exact) mass is 442 g/mol. The van der Waals surface area contributed by atoms with Crippen molar-refractivity contribution < 1.29 is 14.3 Å². The van der Waals surface area contributed by atoms with E-state index in [1.54, 1.807) is 4.90 Å². The number of carbonyl (C=O) groups excluding carboxylic acids is 2. The highest BCUT2D eigenvalue weighted by molar-refractivity contribution is 5.95. The molecule has 1 aromatic carbocycles. The molecule has 1 heterocycles. The van der Waals surface area contributed by atoms with Gasteiger partial charge in [0.05, 0.1) is 25.7 Å². The van der Waals surface area contributed by atoms with Crippen LogP contribution in [-0.4, -0.2) is 74.1 Å². The van der Waals surface area contributed by atoms with E-state index in [0.29, 0.717) is 13.1 Å². The smallest absolute Gasteiger partial charge is 0.227 e. The summed E-state index contributed by atoms with van der Waals surface area (Å²) < 4.78 is 5.41. The number of rotatable bonds is 14. The van der Waals surface area contributed by atoms with Gasteiger partial charge < -0.3 is 14.5 Å². The van der Waals surface area contributed by atoms with Gasteiger partial charge >= 0.3 is 0 Å². The second kappa shape index (κ2) is 15.4. The Balaban J connectivity index is 1.91. The van der Waals surface area contributed by atoms with E-state index in [9.17, 15) is 9.59 Å². The number of para-hydroxylation sites is 1. The van der Waals surface area contributed by atoms with Crippen LogP contribution in [-0.2, 0) is 14.3 Å². The number of carbonyl (C=O) groups is 2. The van der Waals surface area contributed by atoms with Crippen LogP contribution < -0.4 is 4.90 Å². The van der Waals surface area contributed by atoms with E-state index < -0.39 is 0 Å². The van der Waals surface area contributed by atoms with E-state index in [0.717, 1.165) is 64.3 Å². The molecule has 1 fully saturated rings. The molecule has 0 spiro atoms. The molecule has 7 heteroatoms. The maximum absolute atomic E-state index is 13.0. The molecule has 1 aromatic rings. The molecule has 176 valence electrons. The minimum Gasteiger partial charge on any atom is -0.379 e. The van der Waals surface area contributed by atoms with Gasteiger partial charge in [-0.2, -0.15) is 5.26 Å². The lowest BCUT2D eigenvalue weighted by atomic mass is 10.1. The maximum Gasteiger partial charge on any atom is 0.227 e. The SMILES string of the molecule is CCCCCCN(CCN1CCOCC1)C(=O)CCC(=O)N(CCC#N)c1ccccc1. The van der Waals surface area contributed by atoms with Crippen LogP contribution in [0.5, 0.6) is 0 Å². The summed E-state index contributed by atoms with van der Waals surface area (Å²) in [5, 5.41) is 8.96. The van der Waals surface area contributed by atoms with Crippen molar-refractivity contribution in [1.29, 1.82) is 5.26 Å². The van der Waals surface area contributed by atoms with Gasteiger partial charge in [-0.1, -0.05) is 44.4 Å². The van der Waals surface area contributed by atoms with Gasteiger partial charge in [-0.3, -0.25) is 14.5 Å². The van der Waals surface area contributed by atoms with Gasteiger partial charge in [0.2, 0.25) is 11.8 Å². The molecule has 7 nitrogen and oxygen atoms in total. The Morgan fingerprint density at radius 2 is 1.72 bits per heavy atom. The lowest BCUT2D eigenvalue weighted by Gasteiger charge is -2.30. The minimum absolute atomic E-state index is 0.0383. The molecule has 1 aliphatic rings. The van der Waals surface area contributed by atoms with Gasteiger partial charge in [0.1, 0.15) is 0 Å². The molecule has 0 N–H and O–H groups in total. The summed E-state index contributed by atoms with van der Waals surface area (Å²) in [6, 6.07) is 11.5. The van der Waals surface area contributed by atoms with Crippen molar-refractivity contribution in [1.82, 2.24) is 9.80 Å². The van der Waals surface area contributed by atoms with Gasteiger partial charge in [0, 0.05) is 57.8 Å². The number of anilines is 1. The quantitative estimate of drug-likeness (QED) is 0.413. The summed E-state index contributed by atoms with van der Waals surface area (Å²) in [5.41, 5.74) is 0.768. The number of nitriles is 1. The van der Waals surface area contributed by atoms with Crippen molar-refractivity contribution in [2.75, 3.05) is 57.4 Å². The highest BCUT2D eigenvalue weighted by atomic mass is 16.5. The van der Waals surface area contributed by atoms with E-state index in [-0.39, 0.29) is 31.1 Å². The van der Waals surface area contributed by atoms with E-state index in [1.165, 1.54) is 6.42 Å². The maximum atomic E-state index is 13.0.